The van der Waals surface area contributed by atoms with Gasteiger partial charge in [0.05, 0.1) is 5.69 Å². The average molecular weight is 275 g/mol. The molecule has 2 rings (SSSR count). The monoisotopic (exact) mass is 275 g/mol. The number of imidazole rings is 1. The Morgan fingerprint density at radius 3 is 2.90 bits per heavy atom. The third-order valence-corrected chi connectivity index (χ3v) is 2.91. The van der Waals surface area contributed by atoms with Crippen LogP contribution in [0.1, 0.15) is 25.0 Å². The molecule has 0 aliphatic heterocycles. The Morgan fingerprint density at radius 2 is 2.15 bits per heavy atom. The van der Waals surface area contributed by atoms with E-state index in [1.807, 2.05) is 35.0 Å². The standard InChI is InChI=1S/C14H17N3O3/c18-13(5-3-6-14(19)20)15-8-7-11-10-17-9-2-1-4-12(17)16-11/h1-2,4,9-10H,3,5-8H2,(H,15,18)(H,19,20). The van der Waals surface area contributed by atoms with E-state index in [9.17, 15) is 9.59 Å². The number of hydrogen-bond donors (Lipinski definition) is 2. The van der Waals surface area contributed by atoms with Crippen molar-refractivity contribution in [1.29, 1.82) is 0 Å². The molecule has 0 aliphatic carbocycles. The summed E-state index contributed by atoms with van der Waals surface area (Å²) in [7, 11) is 0. The molecule has 106 valence electrons. The van der Waals surface area contributed by atoms with Gasteiger partial charge in [0.1, 0.15) is 5.65 Å². The molecule has 6 heteroatoms. The number of pyridine rings is 1. The topological polar surface area (TPSA) is 83.7 Å². The number of nitrogens with zero attached hydrogens (tertiary/aromatic N) is 2. The predicted octanol–water partition coefficient (Wildman–Crippen LogP) is 1.25. The van der Waals surface area contributed by atoms with Gasteiger partial charge in [-0.3, -0.25) is 9.59 Å². The largest absolute Gasteiger partial charge is 0.481 e. The Labute approximate surface area is 116 Å². The fourth-order valence-corrected chi connectivity index (χ4v) is 1.93. The molecule has 6 nitrogen and oxygen atoms in total. The molecule has 0 aromatic carbocycles. The van der Waals surface area contributed by atoms with Crippen LogP contribution in [0.5, 0.6) is 0 Å². The minimum absolute atomic E-state index is 0.0276. The first-order valence-electron chi connectivity index (χ1n) is 6.56. The number of rotatable bonds is 7. The van der Waals surface area contributed by atoms with Crippen molar-refractivity contribution in [3.05, 3.63) is 36.3 Å². The van der Waals surface area contributed by atoms with Gasteiger partial charge in [-0.15, -0.1) is 0 Å². The van der Waals surface area contributed by atoms with Crippen molar-refractivity contribution in [1.82, 2.24) is 14.7 Å². The van der Waals surface area contributed by atoms with E-state index >= 15 is 0 Å². The van der Waals surface area contributed by atoms with Crippen LogP contribution in [0.2, 0.25) is 0 Å². The lowest BCUT2D eigenvalue weighted by Crippen LogP contribution is -2.25. The minimum atomic E-state index is -0.873. The van der Waals surface area contributed by atoms with Gasteiger partial charge in [-0.1, -0.05) is 6.07 Å². The molecule has 1 amide bonds. The van der Waals surface area contributed by atoms with E-state index in [1.54, 1.807) is 0 Å². The summed E-state index contributed by atoms with van der Waals surface area (Å²) in [5.74, 6) is -0.988. The van der Waals surface area contributed by atoms with Gasteiger partial charge >= 0.3 is 5.97 Å². The summed E-state index contributed by atoms with van der Waals surface area (Å²) in [6.07, 6.45) is 5.17. The zero-order valence-corrected chi connectivity index (χ0v) is 11.1. The lowest BCUT2D eigenvalue weighted by Gasteiger charge is -2.02. The lowest BCUT2D eigenvalue weighted by molar-refractivity contribution is -0.137. The van der Waals surface area contributed by atoms with E-state index < -0.39 is 5.97 Å². The first-order valence-corrected chi connectivity index (χ1v) is 6.56. The molecule has 2 N–H and O–H groups in total. The Bertz CT molecular complexity index is 573. The van der Waals surface area contributed by atoms with E-state index in [0.29, 0.717) is 19.4 Å². The third-order valence-electron chi connectivity index (χ3n) is 2.91. The summed E-state index contributed by atoms with van der Waals surface area (Å²) >= 11 is 0. The summed E-state index contributed by atoms with van der Waals surface area (Å²) in [6, 6.07) is 5.78. The molecule has 20 heavy (non-hydrogen) atoms. The quantitative estimate of drug-likeness (QED) is 0.796. The third kappa shape index (κ3) is 4.08. The first kappa shape index (κ1) is 14.0. The number of hydrogen-bond acceptors (Lipinski definition) is 3. The van der Waals surface area contributed by atoms with Crippen LogP contribution in [0, 0.1) is 0 Å². The van der Waals surface area contributed by atoms with Gasteiger partial charge in [0.2, 0.25) is 5.91 Å². The summed E-state index contributed by atoms with van der Waals surface area (Å²) in [6.45, 7) is 0.510. The van der Waals surface area contributed by atoms with Gasteiger partial charge in [0.15, 0.2) is 0 Å². The van der Waals surface area contributed by atoms with Crippen molar-refractivity contribution in [3.8, 4) is 0 Å². The van der Waals surface area contributed by atoms with Crippen molar-refractivity contribution >= 4 is 17.5 Å². The highest BCUT2D eigenvalue weighted by Gasteiger charge is 2.05. The number of carbonyl (C=O) groups is 2. The number of nitrogens with one attached hydrogen (secondary N) is 1. The molecule has 0 saturated heterocycles. The number of fused-ring (bicyclic) bond motifs is 1. The highest BCUT2D eigenvalue weighted by molar-refractivity contribution is 5.76. The Hall–Kier alpha value is -2.37. The fraction of sp³-hybridized carbons (Fsp3) is 0.357. The number of aromatic nitrogens is 2. The summed E-state index contributed by atoms with van der Waals surface area (Å²) in [4.78, 5) is 26.2. The number of carboxylic acid groups (broad SMARTS) is 1. The number of carboxylic acids is 1. The normalized spacial score (nSPS) is 10.6. The summed E-state index contributed by atoms with van der Waals surface area (Å²) < 4.78 is 1.93. The minimum Gasteiger partial charge on any atom is -0.481 e. The Kier molecular flexibility index (Phi) is 4.70. The second-order valence-electron chi connectivity index (χ2n) is 4.55. The fourth-order valence-electron chi connectivity index (χ4n) is 1.93. The van der Waals surface area contributed by atoms with Gasteiger partial charge in [-0.25, -0.2) is 4.98 Å². The molecule has 0 atom stereocenters. The average Bonchev–Trinajstić information content (AvgIpc) is 2.80. The van der Waals surface area contributed by atoms with Crippen molar-refractivity contribution < 1.29 is 14.7 Å². The van der Waals surface area contributed by atoms with Gasteiger partial charge in [0, 0.05) is 38.2 Å². The van der Waals surface area contributed by atoms with Gasteiger partial charge in [0.25, 0.3) is 0 Å². The summed E-state index contributed by atoms with van der Waals surface area (Å²) in [5, 5.41) is 11.2. The molecule has 0 fully saturated rings. The molecule has 0 unspecified atom stereocenters. The maximum atomic E-state index is 11.5. The van der Waals surface area contributed by atoms with E-state index in [-0.39, 0.29) is 18.7 Å². The maximum absolute atomic E-state index is 11.5. The van der Waals surface area contributed by atoms with Gasteiger partial charge in [-0.05, 0) is 18.6 Å². The second-order valence-corrected chi connectivity index (χ2v) is 4.55. The second kappa shape index (κ2) is 6.70. The highest BCUT2D eigenvalue weighted by atomic mass is 16.4. The van der Waals surface area contributed by atoms with Crippen LogP contribution in [0.4, 0.5) is 0 Å². The molecule has 0 saturated carbocycles. The van der Waals surface area contributed by atoms with E-state index in [1.165, 1.54) is 0 Å². The summed E-state index contributed by atoms with van der Waals surface area (Å²) in [5.41, 5.74) is 1.80. The van der Waals surface area contributed by atoms with Crippen LogP contribution < -0.4 is 5.32 Å². The van der Waals surface area contributed by atoms with Crippen LogP contribution in [0.3, 0.4) is 0 Å². The lowest BCUT2D eigenvalue weighted by atomic mass is 10.2. The molecular formula is C14H17N3O3. The van der Waals surface area contributed by atoms with E-state index in [0.717, 1.165) is 11.3 Å². The van der Waals surface area contributed by atoms with Gasteiger partial charge < -0.3 is 14.8 Å². The van der Waals surface area contributed by atoms with Crippen LogP contribution in [-0.2, 0) is 16.0 Å². The molecule has 2 aromatic heterocycles. The zero-order chi connectivity index (χ0) is 14.4. The van der Waals surface area contributed by atoms with E-state index in [4.69, 9.17) is 5.11 Å². The molecule has 2 heterocycles. The van der Waals surface area contributed by atoms with Crippen LogP contribution in [-0.4, -0.2) is 32.9 Å². The number of amides is 1. The Balaban J connectivity index is 1.72. The van der Waals surface area contributed by atoms with Gasteiger partial charge in [-0.2, -0.15) is 0 Å². The molecule has 0 radical (unpaired) electrons. The molecule has 0 bridgehead atoms. The van der Waals surface area contributed by atoms with Crippen LogP contribution >= 0.6 is 0 Å². The number of carbonyl (C=O) groups excluding carboxylic acids is 1. The SMILES string of the molecule is O=C(O)CCCC(=O)NCCc1cn2ccccc2n1. The molecular weight excluding hydrogens is 258 g/mol. The maximum Gasteiger partial charge on any atom is 0.303 e. The molecule has 0 spiro atoms. The van der Waals surface area contributed by atoms with E-state index in [2.05, 4.69) is 10.3 Å². The zero-order valence-electron chi connectivity index (χ0n) is 11.1. The molecule has 2 aromatic rings. The van der Waals surface area contributed by atoms with Crippen molar-refractivity contribution in [2.75, 3.05) is 6.54 Å². The van der Waals surface area contributed by atoms with Crippen molar-refractivity contribution in [2.45, 2.75) is 25.7 Å². The first-order chi connectivity index (χ1) is 9.65. The Morgan fingerprint density at radius 1 is 1.30 bits per heavy atom. The van der Waals surface area contributed by atoms with Crippen LogP contribution in [0.15, 0.2) is 30.6 Å². The van der Waals surface area contributed by atoms with Crippen molar-refractivity contribution in [3.63, 3.8) is 0 Å². The smallest absolute Gasteiger partial charge is 0.303 e. The predicted molar refractivity (Wildman–Crippen MR) is 73.4 cm³/mol. The highest BCUT2D eigenvalue weighted by Crippen LogP contribution is 2.04. The van der Waals surface area contributed by atoms with Crippen LogP contribution in [0.25, 0.3) is 5.65 Å². The molecule has 0 aliphatic rings. The number of aliphatic carboxylic acids is 1. The van der Waals surface area contributed by atoms with Crippen molar-refractivity contribution in [2.24, 2.45) is 0 Å².